The van der Waals surface area contributed by atoms with E-state index in [4.69, 9.17) is 9.84 Å². The first kappa shape index (κ1) is 13.0. The van der Waals surface area contributed by atoms with Gasteiger partial charge in [-0.15, -0.1) is 0 Å². The van der Waals surface area contributed by atoms with Crippen molar-refractivity contribution in [2.75, 3.05) is 33.4 Å². The van der Waals surface area contributed by atoms with Gasteiger partial charge in [0.25, 0.3) is 0 Å². The lowest BCUT2D eigenvalue weighted by Crippen LogP contribution is -2.49. The van der Waals surface area contributed by atoms with Gasteiger partial charge in [-0.2, -0.15) is 0 Å². The molecule has 96 valence electrons. The topological polar surface area (TPSA) is 57.1 Å². The van der Waals surface area contributed by atoms with E-state index in [2.05, 4.69) is 27.1 Å². The molecule has 2 heterocycles. The van der Waals surface area contributed by atoms with Crippen molar-refractivity contribution in [3.05, 3.63) is 11.6 Å². The van der Waals surface area contributed by atoms with Crippen LogP contribution in [0.15, 0.2) is 16.0 Å². The molecule has 0 aromatic heterocycles. The van der Waals surface area contributed by atoms with Crippen molar-refractivity contribution >= 4 is 18.3 Å². The number of aliphatic hydroxyl groups is 1. The lowest BCUT2D eigenvalue weighted by Gasteiger charge is -2.34. The Hall–Kier alpha value is -0.400. The lowest BCUT2D eigenvalue weighted by molar-refractivity contribution is 0.0200. The van der Waals surface area contributed by atoms with E-state index in [-0.39, 0.29) is 6.61 Å². The molecule has 2 rings (SSSR count). The molecule has 0 spiro atoms. The number of nitrogens with one attached hydrogen (secondary N) is 1. The maximum atomic E-state index is 8.81. The number of aliphatic hydroxyl groups excluding tert-OH is 1. The maximum absolute atomic E-state index is 8.81. The van der Waals surface area contributed by atoms with Gasteiger partial charge in [-0.3, -0.25) is 0 Å². The Labute approximate surface area is 106 Å². The summed E-state index contributed by atoms with van der Waals surface area (Å²) in [5.41, 5.74) is 0.632. The second-order valence-corrected chi connectivity index (χ2v) is 4.94. The third-order valence-corrected chi connectivity index (χ3v) is 3.54. The smallest absolute Gasteiger partial charge is 0.189 e. The van der Waals surface area contributed by atoms with Crippen molar-refractivity contribution in [1.29, 1.82) is 0 Å². The van der Waals surface area contributed by atoms with Gasteiger partial charge in [0, 0.05) is 19.7 Å². The van der Waals surface area contributed by atoms with Crippen molar-refractivity contribution < 1.29 is 9.84 Å². The molecule has 5 nitrogen and oxygen atoms in total. The number of nitrogens with zero attached hydrogens (tertiary/aromatic N) is 2. The Kier molecular flexibility index (Phi) is 4.58. The standard InChI is InChI=1S/C11H19N3O2S/c1-14-5-2-4-10(8-14)11(9-12-17-13-11)16-7-3-6-15/h4,9,13,15H,2-3,5-8H2,1H3. The van der Waals surface area contributed by atoms with Crippen LogP contribution >= 0.6 is 12.1 Å². The predicted octanol–water partition coefficient (Wildman–Crippen LogP) is 0.581. The van der Waals surface area contributed by atoms with Crippen molar-refractivity contribution in [3.63, 3.8) is 0 Å². The number of hydrogen-bond acceptors (Lipinski definition) is 6. The molecule has 0 saturated carbocycles. The lowest BCUT2D eigenvalue weighted by atomic mass is 10.00. The molecule has 0 amide bonds. The summed E-state index contributed by atoms with van der Waals surface area (Å²) in [5.74, 6) is 0. The molecule has 0 aromatic rings. The molecule has 1 atom stereocenters. The average molecular weight is 257 g/mol. The van der Waals surface area contributed by atoms with Gasteiger partial charge in [-0.1, -0.05) is 6.08 Å². The van der Waals surface area contributed by atoms with E-state index >= 15 is 0 Å². The Morgan fingerprint density at radius 2 is 2.59 bits per heavy atom. The Morgan fingerprint density at radius 1 is 1.71 bits per heavy atom. The Morgan fingerprint density at radius 3 is 3.24 bits per heavy atom. The molecule has 0 aliphatic carbocycles. The summed E-state index contributed by atoms with van der Waals surface area (Å²) in [6.45, 7) is 2.65. The number of ether oxygens (including phenoxy) is 1. The zero-order chi connectivity index (χ0) is 12.1. The fourth-order valence-electron chi connectivity index (χ4n) is 1.99. The minimum atomic E-state index is -0.575. The predicted molar refractivity (Wildman–Crippen MR) is 69.8 cm³/mol. The summed E-state index contributed by atoms with van der Waals surface area (Å²) < 4.78 is 13.2. The highest BCUT2D eigenvalue weighted by Crippen LogP contribution is 2.28. The summed E-state index contributed by atoms with van der Waals surface area (Å²) in [5, 5.41) is 8.81. The summed E-state index contributed by atoms with van der Waals surface area (Å²) >= 11 is 1.31. The third-order valence-electron chi connectivity index (χ3n) is 2.94. The fourth-order valence-corrected chi connectivity index (χ4v) is 2.62. The number of likely N-dealkylation sites (N-methyl/N-ethyl adjacent to an activating group) is 1. The van der Waals surface area contributed by atoms with Gasteiger partial charge in [0.1, 0.15) is 0 Å². The van der Waals surface area contributed by atoms with E-state index in [9.17, 15) is 0 Å². The normalized spacial score (nSPS) is 29.6. The molecule has 1 unspecified atom stereocenters. The van der Waals surface area contributed by atoms with Crippen molar-refractivity contribution in [2.45, 2.75) is 18.6 Å². The van der Waals surface area contributed by atoms with Crippen LogP contribution in [-0.4, -0.2) is 55.3 Å². The molecule has 0 saturated heterocycles. The van der Waals surface area contributed by atoms with E-state index in [0.717, 1.165) is 19.5 Å². The maximum Gasteiger partial charge on any atom is 0.189 e. The average Bonchev–Trinajstić information content (AvgIpc) is 2.79. The van der Waals surface area contributed by atoms with Crippen molar-refractivity contribution in [2.24, 2.45) is 4.40 Å². The van der Waals surface area contributed by atoms with Crippen LogP contribution in [-0.2, 0) is 4.74 Å². The summed E-state index contributed by atoms with van der Waals surface area (Å²) in [7, 11) is 2.10. The molecule has 0 bridgehead atoms. The largest absolute Gasteiger partial charge is 0.396 e. The molecule has 2 aliphatic rings. The van der Waals surface area contributed by atoms with Crippen LogP contribution in [0.2, 0.25) is 0 Å². The highest BCUT2D eigenvalue weighted by atomic mass is 32.2. The first-order valence-corrected chi connectivity index (χ1v) is 6.65. The van der Waals surface area contributed by atoms with Gasteiger partial charge >= 0.3 is 0 Å². The zero-order valence-electron chi connectivity index (χ0n) is 10.1. The minimum Gasteiger partial charge on any atom is -0.396 e. The van der Waals surface area contributed by atoms with Crippen LogP contribution in [0.4, 0.5) is 0 Å². The molecule has 0 aromatic carbocycles. The van der Waals surface area contributed by atoms with E-state index in [1.807, 2.05) is 6.21 Å². The second kappa shape index (κ2) is 5.97. The fraction of sp³-hybridized carbons (Fsp3) is 0.727. The zero-order valence-corrected chi connectivity index (χ0v) is 10.9. The first-order chi connectivity index (χ1) is 8.27. The van der Waals surface area contributed by atoms with E-state index in [1.54, 1.807) is 0 Å². The summed E-state index contributed by atoms with van der Waals surface area (Å²) in [6, 6.07) is 0. The molecule has 2 N–H and O–H groups in total. The molecule has 0 radical (unpaired) electrons. The van der Waals surface area contributed by atoms with Gasteiger partial charge in [0.15, 0.2) is 5.72 Å². The summed E-state index contributed by atoms with van der Waals surface area (Å²) in [6.07, 6.45) is 5.73. The van der Waals surface area contributed by atoms with Crippen molar-refractivity contribution in [3.8, 4) is 0 Å². The SMILES string of the molecule is CN1CCC=C(C2(OCCCO)C=NSN2)C1. The first-order valence-electron chi connectivity index (χ1n) is 5.87. The second-order valence-electron chi connectivity index (χ2n) is 4.34. The van der Waals surface area contributed by atoms with Gasteiger partial charge in [-0.25, -0.2) is 9.12 Å². The van der Waals surface area contributed by atoms with Crippen LogP contribution in [0.3, 0.4) is 0 Å². The highest BCUT2D eigenvalue weighted by molar-refractivity contribution is 7.96. The number of hydrogen-bond donors (Lipinski definition) is 2. The monoisotopic (exact) mass is 257 g/mol. The van der Waals surface area contributed by atoms with E-state index < -0.39 is 5.72 Å². The third kappa shape index (κ3) is 3.08. The molecular formula is C11H19N3O2S. The molecule has 0 fully saturated rings. The number of rotatable bonds is 5. The van der Waals surface area contributed by atoms with Crippen LogP contribution in [0.1, 0.15) is 12.8 Å². The van der Waals surface area contributed by atoms with Crippen LogP contribution < -0.4 is 4.72 Å². The van der Waals surface area contributed by atoms with Crippen LogP contribution in [0.25, 0.3) is 0 Å². The minimum absolute atomic E-state index is 0.152. The summed E-state index contributed by atoms with van der Waals surface area (Å²) in [4.78, 5) is 2.27. The van der Waals surface area contributed by atoms with Crippen LogP contribution in [0, 0.1) is 0 Å². The van der Waals surface area contributed by atoms with E-state index in [1.165, 1.54) is 17.7 Å². The Bertz CT molecular complexity index is 322. The van der Waals surface area contributed by atoms with E-state index in [0.29, 0.717) is 13.0 Å². The van der Waals surface area contributed by atoms with Crippen molar-refractivity contribution in [1.82, 2.24) is 9.62 Å². The molecule has 6 heteroatoms. The quantitative estimate of drug-likeness (QED) is 0.429. The Balaban J connectivity index is 2.05. The van der Waals surface area contributed by atoms with Gasteiger partial charge < -0.3 is 14.7 Å². The van der Waals surface area contributed by atoms with Gasteiger partial charge in [0.2, 0.25) is 0 Å². The molecular weight excluding hydrogens is 238 g/mol. The molecule has 17 heavy (non-hydrogen) atoms. The van der Waals surface area contributed by atoms with Gasteiger partial charge in [-0.05, 0) is 25.5 Å². The molecule has 2 aliphatic heterocycles. The van der Waals surface area contributed by atoms with Gasteiger partial charge in [0.05, 0.1) is 25.0 Å². The van der Waals surface area contributed by atoms with Crippen LogP contribution in [0.5, 0.6) is 0 Å². The highest BCUT2D eigenvalue weighted by Gasteiger charge is 2.38.